The van der Waals surface area contributed by atoms with E-state index in [0.29, 0.717) is 32.5 Å². The van der Waals surface area contributed by atoms with Crippen LogP contribution in [-0.2, 0) is 7.05 Å². The van der Waals surface area contributed by atoms with Gasteiger partial charge in [0.1, 0.15) is 0 Å². The van der Waals surface area contributed by atoms with Crippen LogP contribution in [0.5, 0.6) is 0 Å². The van der Waals surface area contributed by atoms with Crippen molar-refractivity contribution < 1.29 is 4.79 Å². The molecule has 0 radical (unpaired) electrons. The van der Waals surface area contributed by atoms with E-state index in [2.05, 4.69) is 16.2 Å². The maximum Gasteiger partial charge on any atom is 0.261 e. The Labute approximate surface area is 143 Å². The van der Waals surface area contributed by atoms with Crippen LogP contribution in [0, 0.1) is 17.1 Å². The first-order chi connectivity index (χ1) is 11.5. The molecule has 0 aliphatic heterocycles. The highest BCUT2D eigenvalue weighted by molar-refractivity contribution is 7.71. The first kappa shape index (κ1) is 15.7. The first-order valence-corrected chi connectivity index (χ1v) is 7.51. The Morgan fingerprint density at radius 2 is 2.08 bits per heavy atom. The number of benzene rings is 2. The van der Waals surface area contributed by atoms with Gasteiger partial charge in [-0.2, -0.15) is 0 Å². The summed E-state index contributed by atoms with van der Waals surface area (Å²) in [6.45, 7) is 0. The zero-order valence-electron chi connectivity index (χ0n) is 12.8. The van der Waals surface area contributed by atoms with Gasteiger partial charge in [-0.25, -0.2) is 0 Å². The van der Waals surface area contributed by atoms with E-state index in [0.717, 1.165) is 0 Å². The zero-order valence-corrected chi connectivity index (χ0v) is 13.6. The molecule has 1 aromatic heterocycles. The van der Waals surface area contributed by atoms with Gasteiger partial charge in [-0.15, -0.1) is 6.42 Å². The maximum absolute atomic E-state index is 12.4. The van der Waals surface area contributed by atoms with Gasteiger partial charge < -0.3 is 10.3 Å². The lowest BCUT2D eigenvalue weighted by atomic mass is 10.1. The monoisotopic (exact) mass is 335 g/mol. The number of hydrogen-bond acceptors (Lipinski definition) is 3. The molecule has 3 rings (SSSR count). The van der Waals surface area contributed by atoms with Crippen molar-refractivity contribution in [3.05, 3.63) is 68.7 Å². The highest BCUT2D eigenvalue weighted by atomic mass is 32.1. The van der Waals surface area contributed by atoms with Crippen LogP contribution in [-0.4, -0.2) is 15.5 Å². The predicted molar refractivity (Wildman–Crippen MR) is 96.7 cm³/mol. The third kappa shape index (κ3) is 2.85. The third-order valence-corrected chi connectivity index (χ3v) is 4.03. The van der Waals surface area contributed by atoms with Crippen molar-refractivity contribution in [2.45, 2.75) is 0 Å². The van der Waals surface area contributed by atoms with E-state index in [-0.39, 0.29) is 11.5 Å². The summed E-state index contributed by atoms with van der Waals surface area (Å²) < 4.78 is 1.65. The number of nitrogens with zero attached hydrogens (tertiary/aromatic N) is 1. The minimum absolute atomic E-state index is 0.206. The molecule has 0 spiro atoms. The smallest absolute Gasteiger partial charge is 0.261 e. The molecule has 0 saturated heterocycles. The number of aromatic amines is 1. The Morgan fingerprint density at radius 3 is 2.83 bits per heavy atom. The van der Waals surface area contributed by atoms with Gasteiger partial charge in [0.2, 0.25) is 0 Å². The third-order valence-electron chi connectivity index (χ3n) is 3.65. The molecule has 0 aliphatic rings. The van der Waals surface area contributed by atoms with Gasteiger partial charge in [-0.3, -0.25) is 14.2 Å². The number of carbonyl (C=O) groups is 1. The molecule has 0 atom stereocenters. The van der Waals surface area contributed by atoms with Crippen molar-refractivity contribution in [1.29, 1.82) is 0 Å². The number of rotatable bonds is 2. The van der Waals surface area contributed by atoms with Gasteiger partial charge in [0.05, 0.1) is 10.9 Å². The van der Waals surface area contributed by atoms with E-state index in [1.165, 1.54) is 4.57 Å². The molecule has 2 aromatic carbocycles. The van der Waals surface area contributed by atoms with E-state index in [1.54, 1.807) is 49.5 Å². The van der Waals surface area contributed by atoms with Crippen LogP contribution in [0.1, 0.15) is 15.9 Å². The van der Waals surface area contributed by atoms with Crippen molar-refractivity contribution >= 4 is 34.7 Å². The summed E-state index contributed by atoms with van der Waals surface area (Å²) in [5.41, 5.74) is 2.01. The zero-order chi connectivity index (χ0) is 17.3. The van der Waals surface area contributed by atoms with Crippen LogP contribution in [0.25, 0.3) is 10.9 Å². The highest BCUT2D eigenvalue weighted by Gasteiger charge is 2.10. The Bertz CT molecular complexity index is 1120. The maximum atomic E-state index is 12.4. The molecule has 0 bridgehead atoms. The second-order valence-corrected chi connectivity index (χ2v) is 5.62. The number of anilines is 1. The summed E-state index contributed by atoms with van der Waals surface area (Å²) in [5, 5.41) is 3.25. The number of terminal acetylenes is 1. The number of carbonyl (C=O) groups excluding carboxylic acids is 1. The summed E-state index contributed by atoms with van der Waals surface area (Å²) in [6, 6.07) is 11.8. The molecule has 0 aliphatic carbocycles. The largest absolute Gasteiger partial charge is 0.332 e. The molecule has 5 nitrogen and oxygen atoms in total. The lowest BCUT2D eigenvalue weighted by Gasteiger charge is -2.07. The van der Waals surface area contributed by atoms with E-state index in [1.807, 2.05) is 0 Å². The average Bonchev–Trinajstić information content (AvgIpc) is 2.59. The number of amides is 1. The molecule has 0 saturated carbocycles. The van der Waals surface area contributed by atoms with Crippen LogP contribution in [0.4, 0.5) is 5.69 Å². The topological polar surface area (TPSA) is 66.9 Å². The van der Waals surface area contributed by atoms with Crippen molar-refractivity contribution in [2.75, 3.05) is 5.32 Å². The molecule has 24 heavy (non-hydrogen) atoms. The molecule has 1 amide bonds. The van der Waals surface area contributed by atoms with Crippen LogP contribution < -0.4 is 10.9 Å². The van der Waals surface area contributed by atoms with Crippen molar-refractivity contribution in [2.24, 2.45) is 7.05 Å². The fraction of sp³-hybridized carbons (Fsp3) is 0.0556. The van der Waals surface area contributed by atoms with Crippen LogP contribution in [0.15, 0.2) is 47.3 Å². The Kier molecular flexibility index (Phi) is 4.02. The van der Waals surface area contributed by atoms with Crippen molar-refractivity contribution in [1.82, 2.24) is 9.55 Å². The molecule has 2 N–H and O–H groups in total. The molecular formula is C18H13N3O2S. The Hall–Kier alpha value is -3.17. The summed E-state index contributed by atoms with van der Waals surface area (Å²) in [5.74, 6) is 2.22. The molecule has 118 valence electrons. The predicted octanol–water partition coefficient (Wildman–Crippen LogP) is 2.83. The van der Waals surface area contributed by atoms with Gasteiger partial charge in [-0.05, 0) is 48.6 Å². The SMILES string of the molecule is C#Cc1cccc(NC(=O)c2ccc3c(=O)n(C)c(=S)[nH]c3c2)c1. The summed E-state index contributed by atoms with van der Waals surface area (Å²) in [6.07, 6.45) is 5.36. The fourth-order valence-electron chi connectivity index (χ4n) is 2.34. The second kappa shape index (κ2) is 6.14. The quantitative estimate of drug-likeness (QED) is 0.559. The van der Waals surface area contributed by atoms with E-state index < -0.39 is 0 Å². The Balaban J connectivity index is 1.99. The highest BCUT2D eigenvalue weighted by Crippen LogP contribution is 2.14. The van der Waals surface area contributed by atoms with Gasteiger partial charge in [-0.1, -0.05) is 12.0 Å². The van der Waals surface area contributed by atoms with Crippen LogP contribution in [0.3, 0.4) is 0 Å². The average molecular weight is 335 g/mol. The lowest BCUT2D eigenvalue weighted by Crippen LogP contribution is -2.19. The minimum atomic E-state index is -0.300. The minimum Gasteiger partial charge on any atom is -0.332 e. The second-order valence-electron chi connectivity index (χ2n) is 5.23. The number of hydrogen-bond donors (Lipinski definition) is 2. The standard InChI is InChI=1S/C18H13N3O2S/c1-3-11-5-4-6-13(9-11)19-16(22)12-7-8-14-15(10-12)20-18(24)21(2)17(14)23/h1,4-10H,2H3,(H,19,22)(H,20,24). The van der Waals surface area contributed by atoms with Gasteiger partial charge in [0.15, 0.2) is 4.77 Å². The molecule has 1 heterocycles. The fourth-order valence-corrected chi connectivity index (χ4v) is 2.53. The van der Waals surface area contributed by atoms with Crippen molar-refractivity contribution in [3.8, 4) is 12.3 Å². The number of nitrogens with one attached hydrogen (secondary N) is 2. The number of H-pyrrole nitrogens is 1. The van der Waals surface area contributed by atoms with E-state index in [4.69, 9.17) is 18.6 Å². The molecule has 6 heteroatoms. The lowest BCUT2D eigenvalue weighted by molar-refractivity contribution is 0.102. The van der Waals surface area contributed by atoms with Crippen molar-refractivity contribution in [3.63, 3.8) is 0 Å². The first-order valence-electron chi connectivity index (χ1n) is 7.10. The van der Waals surface area contributed by atoms with Crippen LogP contribution in [0.2, 0.25) is 0 Å². The molecular weight excluding hydrogens is 322 g/mol. The summed E-state index contributed by atoms with van der Waals surface area (Å²) in [4.78, 5) is 27.5. The number of aromatic nitrogens is 2. The molecule has 0 fully saturated rings. The van der Waals surface area contributed by atoms with Gasteiger partial charge >= 0.3 is 0 Å². The van der Waals surface area contributed by atoms with E-state index in [9.17, 15) is 9.59 Å². The molecule has 3 aromatic rings. The normalized spacial score (nSPS) is 10.3. The summed E-state index contributed by atoms with van der Waals surface area (Å²) in [7, 11) is 1.60. The van der Waals surface area contributed by atoms with Crippen LogP contribution >= 0.6 is 12.2 Å². The summed E-state index contributed by atoms with van der Waals surface area (Å²) >= 11 is 5.10. The molecule has 0 unspecified atom stereocenters. The number of fused-ring (bicyclic) bond motifs is 1. The van der Waals surface area contributed by atoms with E-state index >= 15 is 0 Å². The van der Waals surface area contributed by atoms with Gasteiger partial charge in [0, 0.05) is 23.9 Å². The Morgan fingerprint density at radius 1 is 1.29 bits per heavy atom. The van der Waals surface area contributed by atoms with Gasteiger partial charge in [0.25, 0.3) is 11.5 Å².